The van der Waals surface area contributed by atoms with E-state index in [1.54, 1.807) is 12.4 Å². The van der Waals surface area contributed by atoms with Crippen molar-refractivity contribution in [1.82, 2.24) is 19.9 Å². The summed E-state index contributed by atoms with van der Waals surface area (Å²) in [6.45, 7) is 0. The van der Waals surface area contributed by atoms with E-state index in [-0.39, 0.29) is 0 Å². The lowest BCUT2D eigenvalue weighted by Crippen LogP contribution is -1.91. The smallest absolute Gasteiger partial charge is 0.181 e. The van der Waals surface area contributed by atoms with Gasteiger partial charge in [0.25, 0.3) is 0 Å². The molecule has 0 fully saturated rings. The topological polar surface area (TPSA) is 77.8 Å². The summed E-state index contributed by atoms with van der Waals surface area (Å²) in [5, 5.41) is 7.11. The van der Waals surface area contributed by atoms with E-state index >= 15 is 0 Å². The van der Waals surface area contributed by atoms with Crippen molar-refractivity contribution in [3.05, 3.63) is 171 Å². The zero-order valence-electron chi connectivity index (χ0n) is 27.8. The Bertz CT molecular complexity index is 2650. The molecule has 6 heteroatoms. The van der Waals surface area contributed by atoms with Gasteiger partial charge in [0.2, 0.25) is 0 Å². The lowest BCUT2D eigenvalue weighted by Gasteiger charge is -2.18. The summed E-state index contributed by atoms with van der Waals surface area (Å²) in [5.41, 5.74) is 10.5. The average molecular weight is 669 g/mol. The van der Waals surface area contributed by atoms with E-state index in [1.165, 1.54) is 67.4 Å². The largest absolute Gasteiger partial charge is 0.442 e. The normalized spacial score (nSPS) is 11.5. The van der Waals surface area contributed by atoms with Crippen LogP contribution in [0.3, 0.4) is 0 Å². The highest BCUT2D eigenvalue weighted by Gasteiger charge is 2.17. The first-order chi connectivity index (χ1) is 25.8. The predicted octanol–water partition coefficient (Wildman–Crippen LogP) is 11.9. The van der Waals surface area contributed by atoms with Crippen LogP contribution < -0.4 is 0 Å². The summed E-state index contributed by atoms with van der Waals surface area (Å²) in [7, 11) is 0. The van der Waals surface area contributed by atoms with Crippen molar-refractivity contribution in [2.75, 3.05) is 0 Å². The number of pyridine rings is 2. The molecule has 0 bridgehead atoms. The highest BCUT2D eigenvalue weighted by molar-refractivity contribution is 6.27. The number of nitrogens with zero attached hydrogens (tertiary/aromatic N) is 4. The molecule has 6 aromatic carbocycles. The van der Waals surface area contributed by atoms with Crippen molar-refractivity contribution < 1.29 is 8.83 Å². The number of oxazole rings is 2. The van der Waals surface area contributed by atoms with Crippen LogP contribution >= 0.6 is 0 Å². The minimum atomic E-state index is 0.645. The number of fused-ring (bicyclic) bond motifs is 6. The molecule has 6 nitrogen and oxygen atoms in total. The van der Waals surface area contributed by atoms with Crippen LogP contribution in [0.2, 0.25) is 0 Å². The Balaban J connectivity index is 1.22. The number of aromatic nitrogens is 4. The van der Waals surface area contributed by atoms with Gasteiger partial charge in [0.1, 0.15) is 11.4 Å². The molecule has 52 heavy (non-hydrogen) atoms. The fourth-order valence-electron chi connectivity index (χ4n) is 7.23. The zero-order valence-corrected chi connectivity index (χ0v) is 27.8. The first-order valence-corrected chi connectivity index (χ1v) is 17.1. The minimum Gasteiger partial charge on any atom is -0.442 e. The van der Waals surface area contributed by atoms with Gasteiger partial charge in [-0.3, -0.25) is 9.97 Å². The van der Waals surface area contributed by atoms with Crippen LogP contribution in [-0.2, 0) is 0 Å². The van der Waals surface area contributed by atoms with Gasteiger partial charge in [0.15, 0.2) is 24.3 Å². The van der Waals surface area contributed by atoms with Crippen LogP contribution in [0.15, 0.2) is 180 Å². The highest BCUT2D eigenvalue weighted by Crippen LogP contribution is 2.44. The molecule has 0 saturated heterocycles. The summed E-state index contributed by atoms with van der Waals surface area (Å²) in [5.74, 6) is 1.29. The van der Waals surface area contributed by atoms with E-state index in [9.17, 15) is 0 Å². The summed E-state index contributed by atoms with van der Waals surface area (Å²) in [4.78, 5) is 17.5. The van der Waals surface area contributed by atoms with Crippen molar-refractivity contribution in [2.24, 2.45) is 0 Å². The Morgan fingerprint density at radius 1 is 0.327 bits per heavy atom. The van der Waals surface area contributed by atoms with E-state index in [4.69, 9.17) is 18.8 Å². The van der Waals surface area contributed by atoms with Crippen LogP contribution in [0, 0.1) is 0 Å². The van der Waals surface area contributed by atoms with E-state index < -0.39 is 0 Å². The maximum Gasteiger partial charge on any atom is 0.181 e. The molecule has 0 N–H and O–H groups in total. The second-order valence-corrected chi connectivity index (χ2v) is 12.8. The van der Waals surface area contributed by atoms with Crippen molar-refractivity contribution in [2.45, 2.75) is 0 Å². The van der Waals surface area contributed by atoms with Gasteiger partial charge >= 0.3 is 0 Å². The molecular formula is C46H28N4O2. The van der Waals surface area contributed by atoms with Gasteiger partial charge in [0.05, 0.1) is 12.4 Å². The Hall–Kier alpha value is -7.18. The molecule has 10 rings (SSSR count). The maximum absolute atomic E-state index is 5.47. The molecule has 4 heterocycles. The monoisotopic (exact) mass is 668 g/mol. The van der Waals surface area contributed by atoms with Crippen molar-refractivity contribution in [3.8, 4) is 67.4 Å². The molecule has 10 aromatic rings. The summed E-state index contributed by atoms with van der Waals surface area (Å²) < 4.78 is 10.9. The Kier molecular flexibility index (Phi) is 7.03. The molecule has 0 amide bonds. The Labute approximate surface area is 298 Å². The Morgan fingerprint density at radius 3 is 1.13 bits per heavy atom. The number of hydrogen-bond donors (Lipinski definition) is 0. The summed E-state index contributed by atoms with van der Waals surface area (Å²) in [6, 6.07) is 47.7. The molecule has 4 aromatic heterocycles. The average Bonchev–Trinajstić information content (AvgIpc) is 3.97. The zero-order chi connectivity index (χ0) is 34.4. The third kappa shape index (κ3) is 5.13. The molecule has 0 atom stereocenters. The lowest BCUT2D eigenvalue weighted by atomic mass is 9.86. The van der Waals surface area contributed by atoms with Gasteiger partial charge in [-0.1, -0.05) is 97.1 Å². The third-order valence-corrected chi connectivity index (χ3v) is 9.80. The quantitative estimate of drug-likeness (QED) is 0.164. The molecular weight excluding hydrogens is 641 g/mol. The second-order valence-electron chi connectivity index (χ2n) is 12.8. The molecule has 244 valence electrons. The Morgan fingerprint density at radius 2 is 0.750 bits per heavy atom. The van der Waals surface area contributed by atoms with E-state index in [2.05, 4.69) is 131 Å². The van der Waals surface area contributed by atoms with Crippen LogP contribution in [0.4, 0.5) is 0 Å². The maximum atomic E-state index is 5.47. The van der Waals surface area contributed by atoms with E-state index in [1.807, 2.05) is 24.5 Å². The predicted molar refractivity (Wildman–Crippen MR) is 207 cm³/mol. The summed E-state index contributed by atoms with van der Waals surface area (Å²) in [6.07, 6.45) is 10.0. The third-order valence-electron chi connectivity index (χ3n) is 9.80. The molecule has 0 aliphatic rings. The van der Waals surface area contributed by atoms with Gasteiger partial charge in [-0.05, 0) is 102 Å². The van der Waals surface area contributed by atoms with Crippen molar-refractivity contribution in [3.63, 3.8) is 0 Å². The summed E-state index contributed by atoms with van der Waals surface area (Å²) >= 11 is 0. The number of hydrogen-bond acceptors (Lipinski definition) is 6. The van der Waals surface area contributed by atoms with Crippen molar-refractivity contribution >= 4 is 32.3 Å². The van der Waals surface area contributed by atoms with Crippen LogP contribution in [0.5, 0.6) is 0 Å². The first-order valence-electron chi connectivity index (χ1n) is 17.1. The van der Waals surface area contributed by atoms with Gasteiger partial charge in [-0.15, -0.1) is 0 Å². The van der Waals surface area contributed by atoms with Crippen LogP contribution in [-0.4, -0.2) is 19.9 Å². The van der Waals surface area contributed by atoms with Crippen molar-refractivity contribution in [1.29, 1.82) is 0 Å². The van der Waals surface area contributed by atoms with Gasteiger partial charge in [0, 0.05) is 23.5 Å². The van der Waals surface area contributed by atoms with Crippen LogP contribution in [0.1, 0.15) is 0 Å². The van der Waals surface area contributed by atoms with Crippen LogP contribution in [0.25, 0.3) is 99.7 Å². The van der Waals surface area contributed by atoms with Gasteiger partial charge in [-0.25, -0.2) is 9.97 Å². The fraction of sp³-hybridized carbons (Fsp3) is 0. The molecule has 0 unspecified atom stereocenters. The molecule has 0 spiro atoms. The standard InChI is InChI=1S/C46H28N4O2/c1-3-7-29(8-4-1)37-21-41-39-19-31(33-13-17-43(49-23-33)45-25-47-27-51-45)11-15-35(39)36-16-12-32(34-14-18-44(50-24-34)46-26-48-28-52-46)20-40(36)42(41)22-38(37)30-9-5-2-6-10-30/h1-28H. The molecule has 0 saturated carbocycles. The minimum absolute atomic E-state index is 0.645. The highest BCUT2D eigenvalue weighted by atomic mass is 16.3. The van der Waals surface area contributed by atoms with Gasteiger partial charge < -0.3 is 8.83 Å². The second kappa shape index (κ2) is 12.3. The first kappa shape index (κ1) is 29.7. The molecule has 0 aliphatic carbocycles. The van der Waals surface area contributed by atoms with Gasteiger partial charge in [-0.2, -0.15) is 0 Å². The number of rotatable bonds is 6. The number of benzene rings is 6. The van der Waals surface area contributed by atoms with E-state index in [0.717, 1.165) is 33.6 Å². The molecule has 0 radical (unpaired) electrons. The SMILES string of the molecule is c1ccc(-c2cc3c4cc(-c5ccc(-c6cnco6)nc5)ccc4c4ccc(-c5ccc(-c6cnco6)nc5)cc4c3cc2-c2ccccc2)cc1. The lowest BCUT2D eigenvalue weighted by molar-refractivity contribution is 0.569. The van der Waals surface area contributed by atoms with E-state index in [0.29, 0.717) is 11.5 Å². The molecule has 0 aliphatic heterocycles. The fourth-order valence-corrected chi connectivity index (χ4v) is 7.23.